The van der Waals surface area contributed by atoms with Crippen molar-refractivity contribution in [2.24, 2.45) is 0 Å². The minimum atomic E-state index is -4.03. The molecule has 0 aliphatic rings. The van der Waals surface area contributed by atoms with Crippen LogP contribution in [0, 0.1) is 0 Å². The SMILES string of the molecule is C/C(=C/C(=O)NS(=O)(=O)c1ccc(Cl)cn1)c1ccncc1. The van der Waals surface area contributed by atoms with E-state index in [1.807, 2.05) is 4.72 Å². The maximum atomic E-state index is 12.0. The normalized spacial score (nSPS) is 12.0. The van der Waals surface area contributed by atoms with E-state index in [0.717, 1.165) is 5.56 Å². The molecule has 2 heterocycles. The fourth-order valence-corrected chi connectivity index (χ4v) is 2.61. The molecule has 0 saturated heterocycles. The summed E-state index contributed by atoms with van der Waals surface area (Å²) in [4.78, 5) is 19.4. The van der Waals surface area contributed by atoms with Crippen LogP contribution in [0.5, 0.6) is 0 Å². The predicted octanol–water partition coefficient (Wildman–Crippen LogP) is 2.04. The van der Waals surface area contributed by atoms with Gasteiger partial charge in [0.1, 0.15) is 0 Å². The van der Waals surface area contributed by atoms with Crippen molar-refractivity contribution in [3.05, 3.63) is 59.5 Å². The molecule has 0 spiro atoms. The number of nitrogens with zero attached hydrogens (tertiary/aromatic N) is 2. The second kappa shape index (κ2) is 6.67. The lowest BCUT2D eigenvalue weighted by molar-refractivity contribution is -0.114. The molecule has 2 aromatic rings. The fraction of sp³-hybridized carbons (Fsp3) is 0.0714. The van der Waals surface area contributed by atoms with Gasteiger partial charge < -0.3 is 0 Å². The summed E-state index contributed by atoms with van der Waals surface area (Å²) >= 11 is 5.64. The summed E-state index contributed by atoms with van der Waals surface area (Å²) < 4.78 is 25.9. The van der Waals surface area contributed by atoms with E-state index in [1.54, 1.807) is 31.5 Å². The number of sulfonamides is 1. The number of hydrogen-bond acceptors (Lipinski definition) is 5. The number of pyridine rings is 2. The zero-order chi connectivity index (χ0) is 16.2. The predicted molar refractivity (Wildman–Crippen MR) is 82.5 cm³/mol. The van der Waals surface area contributed by atoms with Gasteiger partial charge in [0, 0.05) is 24.7 Å². The Hall–Kier alpha value is -2.25. The molecule has 1 amide bonds. The van der Waals surface area contributed by atoms with E-state index in [2.05, 4.69) is 9.97 Å². The van der Waals surface area contributed by atoms with Gasteiger partial charge in [-0.15, -0.1) is 0 Å². The third-order valence-electron chi connectivity index (χ3n) is 2.69. The van der Waals surface area contributed by atoms with Gasteiger partial charge >= 0.3 is 0 Å². The van der Waals surface area contributed by atoms with E-state index in [-0.39, 0.29) is 5.03 Å². The Labute approximate surface area is 132 Å². The van der Waals surface area contributed by atoms with E-state index in [1.165, 1.54) is 24.4 Å². The molecule has 0 aliphatic carbocycles. The number of hydrogen-bond donors (Lipinski definition) is 1. The summed E-state index contributed by atoms with van der Waals surface area (Å²) in [6.07, 6.45) is 5.55. The smallest absolute Gasteiger partial charge is 0.269 e. The molecule has 0 bridgehead atoms. The molecule has 0 unspecified atom stereocenters. The van der Waals surface area contributed by atoms with Crippen LogP contribution >= 0.6 is 11.6 Å². The number of carbonyl (C=O) groups is 1. The van der Waals surface area contributed by atoms with Gasteiger partial charge in [-0.05, 0) is 42.3 Å². The molecule has 0 fully saturated rings. The molecule has 1 N–H and O–H groups in total. The maximum absolute atomic E-state index is 12.0. The Kier molecular flexibility index (Phi) is 4.89. The zero-order valence-electron chi connectivity index (χ0n) is 11.5. The molecule has 6 nitrogen and oxygen atoms in total. The van der Waals surface area contributed by atoms with Crippen molar-refractivity contribution in [1.82, 2.24) is 14.7 Å². The summed E-state index contributed by atoms with van der Waals surface area (Å²) in [5.41, 5.74) is 1.38. The lowest BCUT2D eigenvalue weighted by Crippen LogP contribution is -2.29. The van der Waals surface area contributed by atoms with Gasteiger partial charge in [-0.25, -0.2) is 9.71 Å². The first-order valence-corrected chi connectivity index (χ1v) is 8.01. The van der Waals surface area contributed by atoms with Gasteiger partial charge in [0.15, 0.2) is 5.03 Å². The van der Waals surface area contributed by atoms with Crippen molar-refractivity contribution < 1.29 is 13.2 Å². The molecule has 0 aromatic carbocycles. The molecule has 22 heavy (non-hydrogen) atoms. The highest BCUT2D eigenvalue weighted by molar-refractivity contribution is 7.90. The number of aromatic nitrogens is 2. The van der Waals surface area contributed by atoms with Crippen LogP contribution in [0.4, 0.5) is 0 Å². The fourth-order valence-electron chi connectivity index (χ4n) is 1.63. The zero-order valence-corrected chi connectivity index (χ0v) is 13.1. The number of carbonyl (C=O) groups excluding carboxylic acids is 1. The molecule has 0 aliphatic heterocycles. The van der Waals surface area contributed by atoms with Crippen LogP contribution in [0.2, 0.25) is 5.02 Å². The Morgan fingerprint density at radius 3 is 2.50 bits per heavy atom. The van der Waals surface area contributed by atoms with Crippen molar-refractivity contribution >= 4 is 33.1 Å². The van der Waals surface area contributed by atoms with Gasteiger partial charge in [0.05, 0.1) is 5.02 Å². The van der Waals surface area contributed by atoms with Crippen LogP contribution in [-0.2, 0) is 14.8 Å². The van der Waals surface area contributed by atoms with E-state index in [9.17, 15) is 13.2 Å². The van der Waals surface area contributed by atoms with Crippen molar-refractivity contribution in [2.75, 3.05) is 0 Å². The van der Waals surface area contributed by atoms with Crippen LogP contribution in [-0.4, -0.2) is 24.3 Å². The van der Waals surface area contributed by atoms with Crippen molar-refractivity contribution in [3.8, 4) is 0 Å². The second-order valence-corrected chi connectivity index (χ2v) is 6.41. The Morgan fingerprint density at radius 1 is 1.23 bits per heavy atom. The molecule has 2 rings (SSSR count). The Balaban J connectivity index is 2.16. The van der Waals surface area contributed by atoms with Crippen LogP contribution in [0.3, 0.4) is 0 Å². The summed E-state index contributed by atoms with van der Waals surface area (Å²) in [6.45, 7) is 1.70. The number of rotatable bonds is 4. The van der Waals surface area contributed by atoms with Gasteiger partial charge in [-0.2, -0.15) is 8.42 Å². The first kappa shape index (κ1) is 16.1. The van der Waals surface area contributed by atoms with Crippen LogP contribution in [0.25, 0.3) is 5.57 Å². The number of nitrogens with one attached hydrogen (secondary N) is 1. The highest BCUT2D eigenvalue weighted by atomic mass is 35.5. The summed E-state index contributed by atoms with van der Waals surface area (Å²) in [5.74, 6) is -0.758. The van der Waals surface area contributed by atoms with Gasteiger partial charge in [-0.1, -0.05) is 11.6 Å². The molecule has 2 aromatic heterocycles. The molecule has 0 atom stereocenters. The number of halogens is 1. The monoisotopic (exact) mass is 337 g/mol. The number of amides is 1. The molecule has 8 heteroatoms. The standard InChI is InChI=1S/C14H12ClN3O3S/c1-10(11-4-6-16-7-5-11)8-13(19)18-22(20,21)14-3-2-12(15)9-17-14/h2-9H,1H3,(H,18,19)/b10-8-. The highest BCUT2D eigenvalue weighted by Gasteiger charge is 2.18. The number of allylic oxidation sites excluding steroid dienone is 1. The van der Waals surface area contributed by atoms with Crippen molar-refractivity contribution in [1.29, 1.82) is 0 Å². The van der Waals surface area contributed by atoms with Gasteiger partial charge in [0.25, 0.3) is 15.9 Å². The summed E-state index contributed by atoms with van der Waals surface area (Å²) in [5, 5.41) is 0.0268. The molecule has 114 valence electrons. The van der Waals surface area contributed by atoms with Crippen LogP contribution in [0.1, 0.15) is 12.5 Å². The first-order valence-electron chi connectivity index (χ1n) is 6.15. The average Bonchev–Trinajstić information content (AvgIpc) is 2.48. The van der Waals surface area contributed by atoms with Crippen LogP contribution in [0.15, 0.2) is 54.0 Å². The largest absolute Gasteiger partial charge is 0.281 e. The topological polar surface area (TPSA) is 89.0 Å². The lowest BCUT2D eigenvalue weighted by Gasteiger charge is -2.05. The van der Waals surface area contributed by atoms with E-state index < -0.39 is 15.9 Å². The minimum absolute atomic E-state index is 0.278. The summed E-state index contributed by atoms with van der Waals surface area (Å²) in [6, 6.07) is 6.03. The van der Waals surface area contributed by atoms with Crippen LogP contribution < -0.4 is 4.72 Å². The Morgan fingerprint density at radius 2 is 1.91 bits per heavy atom. The third-order valence-corrected chi connectivity index (χ3v) is 4.18. The molecule has 0 saturated carbocycles. The van der Waals surface area contributed by atoms with Crippen molar-refractivity contribution in [3.63, 3.8) is 0 Å². The lowest BCUT2D eigenvalue weighted by atomic mass is 10.1. The highest BCUT2D eigenvalue weighted by Crippen LogP contribution is 2.13. The minimum Gasteiger partial charge on any atom is -0.269 e. The molecule has 0 radical (unpaired) electrons. The maximum Gasteiger partial charge on any atom is 0.281 e. The third kappa shape index (κ3) is 4.12. The van der Waals surface area contributed by atoms with Gasteiger partial charge in [-0.3, -0.25) is 9.78 Å². The molecular formula is C14H12ClN3O3S. The second-order valence-electron chi connectivity index (χ2n) is 4.35. The quantitative estimate of drug-likeness (QED) is 0.862. The van der Waals surface area contributed by atoms with E-state index in [4.69, 9.17) is 11.6 Å². The Bertz CT molecular complexity index is 803. The summed E-state index contributed by atoms with van der Waals surface area (Å²) in [7, 11) is -4.03. The average molecular weight is 338 g/mol. The van der Waals surface area contributed by atoms with E-state index >= 15 is 0 Å². The van der Waals surface area contributed by atoms with Gasteiger partial charge in [0.2, 0.25) is 0 Å². The molecular weight excluding hydrogens is 326 g/mol. The van der Waals surface area contributed by atoms with E-state index in [0.29, 0.717) is 10.6 Å². The van der Waals surface area contributed by atoms with Crippen molar-refractivity contribution in [2.45, 2.75) is 11.9 Å². The first-order chi connectivity index (χ1) is 10.4.